The van der Waals surface area contributed by atoms with Gasteiger partial charge >= 0.3 is 6.03 Å². The molecule has 0 bridgehead atoms. The van der Waals surface area contributed by atoms with Gasteiger partial charge in [-0.05, 0) is 38.1 Å². The second-order valence-electron chi connectivity index (χ2n) is 4.58. The van der Waals surface area contributed by atoms with Gasteiger partial charge in [-0.25, -0.2) is 9.18 Å². The lowest BCUT2D eigenvalue weighted by Crippen LogP contribution is -2.42. The summed E-state index contributed by atoms with van der Waals surface area (Å²) in [5, 5.41) is 5.04. The van der Waals surface area contributed by atoms with E-state index in [0.29, 0.717) is 0 Å². The lowest BCUT2D eigenvalue weighted by Gasteiger charge is -2.16. The topological polar surface area (TPSA) is 93.4 Å². The SMILES string of the molecule is CCNC(C)c1ccc(OC(C)C(=O)NC(N)=O)c(F)c1. The number of benzene rings is 1. The highest BCUT2D eigenvalue weighted by Crippen LogP contribution is 2.23. The average molecular weight is 297 g/mol. The zero-order valence-electron chi connectivity index (χ0n) is 12.3. The lowest BCUT2D eigenvalue weighted by molar-refractivity contribution is -0.126. The fraction of sp³-hybridized carbons (Fsp3) is 0.429. The van der Waals surface area contributed by atoms with Crippen molar-refractivity contribution in [3.05, 3.63) is 29.6 Å². The van der Waals surface area contributed by atoms with Crippen LogP contribution in [0.3, 0.4) is 0 Å². The molecule has 0 radical (unpaired) electrons. The van der Waals surface area contributed by atoms with E-state index in [-0.39, 0.29) is 11.8 Å². The highest BCUT2D eigenvalue weighted by atomic mass is 19.1. The number of hydrogen-bond donors (Lipinski definition) is 3. The Kier molecular flexibility index (Phi) is 6.10. The molecule has 3 amide bonds. The molecule has 0 saturated carbocycles. The van der Waals surface area contributed by atoms with E-state index in [1.807, 2.05) is 19.2 Å². The minimum atomic E-state index is -1.04. The van der Waals surface area contributed by atoms with Crippen LogP contribution in [0.1, 0.15) is 32.4 Å². The molecule has 0 aromatic heterocycles. The van der Waals surface area contributed by atoms with Crippen LogP contribution < -0.4 is 21.1 Å². The number of hydrogen-bond acceptors (Lipinski definition) is 4. The van der Waals surface area contributed by atoms with Gasteiger partial charge in [-0.3, -0.25) is 10.1 Å². The van der Waals surface area contributed by atoms with Crippen molar-refractivity contribution in [3.8, 4) is 5.75 Å². The number of halogens is 1. The van der Waals surface area contributed by atoms with Gasteiger partial charge in [0, 0.05) is 6.04 Å². The summed E-state index contributed by atoms with van der Waals surface area (Å²) in [6.45, 7) is 6.04. The molecular weight excluding hydrogens is 277 g/mol. The molecule has 4 N–H and O–H groups in total. The van der Waals surface area contributed by atoms with Gasteiger partial charge in [0.1, 0.15) is 0 Å². The fourth-order valence-corrected chi connectivity index (χ4v) is 1.77. The summed E-state index contributed by atoms with van der Waals surface area (Å²) >= 11 is 0. The Labute approximate surface area is 122 Å². The summed E-state index contributed by atoms with van der Waals surface area (Å²) in [5.41, 5.74) is 5.60. The lowest BCUT2D eigenvalue weighted by atomic mass is 10.1. The molecule has 21 heavy (non-hydrogen) atoms. The maximum Gasteiger partial charge on any atom is 0.318 e. The zero-order chi connectivity index (χ0) is 16.0. The Hall–Kier alpha value is -2.15. The average Bonchev–Trinajstić information content (AvgIpc) is 2.40. The van der Waals surface area contributed by atoms with E-state index in [1.54, 1.807) is 6.07 Å². The first-order valence-corrected chi connectivity index (χ1v) is 6.65. The van der Waals surface area contributed by atoms with Crippen LogP contribution in [0.4, 0.5) is 9.18 Å². The second kappa shape index (κ2) is 7.58. The number of carbonyl (C=O) groups excluding carboxylic acids is 2. The number of rotatable bonds is 6. The molecule has 2 atom stereocenters. The third-order valence-electron chi connectivity index (χ3n) is 2.89. The van der Waals surface area contributed by atoms with E-state index in [4.69, 9.17) is 10.5 Å². The van der Waals surface area contributed by atoms with Crippen molar-refractivity contribution < 1.29 is 18.7 Å². The van der Waals surface area contributed by atoms with Crippen molar-refractivity contribution in [1.82, 2.24) is 10.6 Å². The van der Waals surface area contributed by atoms with Gasteiger partial charge < -0.3 is 15.8 Å². The summed E-state index contributed by atoms with van der Waals surface area (Å²) in [5.74, 6) is -1.36. The van der Waals surface area contributed by atoms with E-state index >= 15 is 0 Å². The van der Waals surface area contributed by atoms with Gasteiger partial charge in [0.05, 0.1) is 0 Å². The number of primary amides is 1. The number of carbonyl (C=O) groups is 2. The number of nitrogens with two attached hydrogens (primary N) is 1. The van der Waals surface area contributed by atoms with Gasteiger partial charge in [-0.1, -0.05) is 13.0 Å². The molecule has 1 aromatic carbocycles. The molecule has 0 saturated heterocycles. The van der Waals surface area contributed by atoms with Crippen LogP contribution in [-0.2, 0) is 4.79 Å². The van der Waals surface area contributed by atoms with Crippen molar-refractivity contribution in [2.75, 3.05) is 6.54 Å². The predicted octanol–water partition coefficient (Wildman–Crippen LogP) is 1.46. The molecule has 0 aliphatic heterocycles. The highest BCUT2D eigenvalue weighted by Gasteiger charge is 2.18. The summed E-state index contributed by atoms with van der Waals surface area (Å²) in [4.78, 5) is 22.0. The van der Waals surface area contributed by atoms with Gasteiger partial charge in [-0.15, -0.1) is 0 Å². The maximum atomic E-state index is 14.0. The molecular formula is C14H20FN3O3. The fourth-order valence-electron chi connectivity index (χ4n) is 1.77. The van der Waals surface area contributed by atoms with Crippen LogP contribution in [0.25, 0.3) is 0 Å². The van der Waals surface area contributed by atoms with E-state index in [9.17, 15) is 14.0 Å². The highest BCUT2D eigenvalue weighted by molar-refractivity contribution is 5.95. The molecule has 2 unspecified atom stereocenters. The molecule has 0 heterocycles. The Morgan fingerprint density at radius 3 is 2.57 bits per heavy atom. The Balaban J connectivity index is 2.76. The Morgan fingerprint density at radius 2 is 2.05 bits per heavy atom. The summed E-state index contributed by atoms with van der Waals surface area (Å²) in [6.07, 6.45) is -1.04. The van der Waals surface area contributed by atoms with Crippen molar-refractivity contribution in [2.45, 2.75) is 32.9 Å². The normalized spacial score (nSPS) is 13.3. The molecule has 0 fully saturated rings. The van der Waals surface area contributed by atoms with Crippen LogP contribution in [0, 0.1) is 5.82 Å². The number of imide groups is 1. The van der Waals surface area contributed by atoms with Crippen LogP contribution in [0.15, 0.2) is 18.2 Å². The molecule has 0 spiro atoms. The Morgan fingerprint density at radius 1 is 1.38 bits per heavy atom. The zero-order valence-corrected chi connectivity index (χ0v) is 12.3. The van der Waals surface area contributed by atoms with Crippen molar-refractivity contribution in [1.29, 1.82) is 0 Å². The maximum absolute atomic E-state index is 14.0. The van der Waals surface area contributed by atoms with Crippen LogP contribution in [-0.4, -0.2) is 24.6 Å². The van der Waals surface area contributed by atoms with Gasteiger partial charge in [-0.2, -0.15) is 0 Å². The molecule has 116 valence electrons. The monoisotopic (exact) mass is 297 g/mol. The molecule has 1 rings (SSSR count). The number of nitrogens with one attached hydrogen (secondary N) is 2. The predicted molar refractivity (Wildman–Crippen MR) is 76.3 cm³/mol. The van der Waals surface area contributed by atoms with Crippen molar-refractivity contribution in [3.63, 3.8) is 0 Å². The number of ether oxygens (including phenoxy) is 1. The first kappa shape index (κ1) is 16.9. The van der Waals surface area contributed by atoms with Gasteiger partial charge in [0.15, 0.2) is 17.7 Å². The van der Waals surface area contributed by atoms with Gasteiger partial charge in [0.2, 0.25) is 0 Å². The van der Waals surface area contributed by atoms with E-state index in [0.717, 1.165) is 12.1 Å². The minimum absolute atomic E-state index is 0.00846. The third kappa shape index (κ3) is 5.03. The van der Waals surface area contributed by atoms with E-state index < -0.39 is 23.9 Å². The number of amides is 3. The molecule has 1 aromatic rings. The van der Waals surface area contributed by atoms with E-state index in [1.165, 1.54) is 19.1 Å². The van der Waals surface area contributed by atoms with Crippen LogP contribution >= 0.6 is 0 Å². The summed E-state index contributed by atoms with van der Waals surface area (Å²) < 4.78 is 19.1. The van der Waals surface area contributed by atoms with Gasteiger partial charge in [0.25, 0.3) is 5.91 Å². The largest absolute Gasteiger partial charge is 0.478 e. The summed E-state index contributed by atoms with van der Waals surface area (Å²) in [6, 6.07) is 3.54. The minimum Gasteiger partial charge on any atom is -0.478 e. The quantitative estimate of drug-likeness (QED) is 0.741. The molecule has 0 aliphatic rings. The van der Waals surface area contributed by atoms with Crippen LogP contribution in [0.2, 0.25) is 0 Å². The number of urea groups is 1. The molecule has 6 nitrogen and oxygen atoms in total. The van der Waals surface area contributed by atoms with Crippen molar-refractivity contribution in [2.24, 2.45) is 5.73 Å². The van der Waals surface area contributed by atoms with Crippen LogP contribution in [0.5, 0.6) is 5.75 Å². The molecule has 0 aliphatic carbocycles. The molecule has 7 heteroatoms. The van der Waals surface area contributed by atoms with Crippen molar-refractivity contribution >= 4 is 11.9 Å². The second-order valence-corrected chi connectivity index (χ2v) is 4.58. The smallest absolute Gasteiger partial charge is 0.318 e. The first-order valence-electron chi connectivity index (χ1n) is 6.65. The van der Waals surface area contributed by atoms with E-state index in [2.05, 4.69) is 5.32 Å². The summed E-state index contributed by atoms with van der Waals surface area (Å²) in [7, 11) is 0. The first-order chi connectivity index (χ1) is 9.85. The third-order valence-corrected chi connectivity index (χ3v) is 2.89. The Bertz CT molecular complexity index is 522. The standard InChI is InChI=1S/C14H20FN3O3/c1-4-17-8(2)10-5-6-12(11(15)7-10)21-9(3)13(19)18-14(16)20/h5-9,17H,4H2,1-3H3,(H3,16,18,19,20).